The molecule has 1 aliphatic rings. The maximum absolute atomic E-state index is 12.5. The SMILES string of the molecule is CCCCCCOc1ccc(C(=O)Oc2ccc(CCC3CCC(CCCCC)CC3)cc2)cc1. The Morgan fingerprint density at radius 1 is 0.714 bits per heavy atom. The van der Waals surface area contributed by atoms with Gasteiger partial charge in [-0.1, -0.05) is 96.6 Å². The molecule has 0 spiro atoms. The van der Waals surface area contributed by atoms with Crippen molar-refractivity contribution in [3.05, 3.63) is 59.7 Å². The van der Waals surface area contributed by atoms with E-state index in [2.05, 4.69) is 26.0 Å². The zero-order valence-electron chi connectivity index (χ0n) is 22.1. The fourth-order valence-corrected chi connectivity index (χ4v) is 5.16. The molecule has 1 aliphatic carbocycles. The molecule has 2 aromatic carbocycles. The number of rotatable bonds is 15. The molecular formula is C32H46O3. The Bertz CT molecular complexity index is 832. The molecule has 0 amide bonds. The Balaban J connectivity index is 1.36. The monoisotopic (exact) mass is 478 g/mol. The summed E-state index contributed by atoms with van der Waals surface area (Å²) in [5.41, 5.74) is 1.87. The molecule has 0 atom stereocenters. The molecule has 0 heterocycles. The van der Waals surface area contributed by atoms with Crippen molar-refractivity contribution >= 4 is 5.97 Å². The summed E-state index contributed by atoms with van der Waals surface area (Å²) < 4.78 is 11.3. The summed E-state index contributed by atoms with van der Waals surface area (Å²) >= 11 is 0. The molecule has 0 saturated heterocycles. The summed E-state index contributed by atoms with van der Waals surface area (Å²) in [6.45, 7) is 5.21. The Morgan fingerprint density at radius 2 is 1.31 bits per heavy atom. The van der Waals surface area contributed by atoms with Gasteiger partial charge in [-0.3, -0.25) is 0 Å². The van der Waals surface area contributed by atoms with Crippen molar-refractivity contribution in [3.63, 3.8) is 0 Å². The lowest BCUT2D eigenvalue weighted by Crippen LogP contribution is -2.15. The minimum absolute atomic E-state index is 0.331. The lowest BCUT2D eigenvalue weighted by Gasteiger charge is -2.28. The van der Waals surface area contributed by atoms with Gasteiger partial charge in [0.25, 0.3) is 0 Å². The molecule has 2 aromatic rings. The lowest BCUT2D eigenvalue weighted by atomic mass is 9.78. The smallest absolute Gasteiger partial charge is 0.343 e. The first-order valence-electron chi connectivity index (χ1n) is 14.2. The van der Waals surface area contributed by atoms with Crippen LogP contribution >= 0.6 is 0 Å². The van der Waals surface area contributed by atoms with Crippen molar-refractivity contribution in [3.8, 4) is 11.5 Å². The number of carbonyl (C=O) groups excluding carboxylic acids is 1. The van der Waals surface area contributed by atoms with Crippen LogP contribution in [0.4, 0.5) is 0 Å². The average molecular weight is 479 g/mol. The van der Waals surface area contributed by atoms with Crippen LogP contribution in [0.3, 0.4) is 0 Å². The van der Waals surface area contributed by atoms with E-state index >= 15 is 0 Å². The van der Waals surface area contributed by atoms with Gasteiger partial charge in [0.1, 0.15) is 11.5 Å². The summed E-state index contributed by atoms with van der Waals surface area (Å²) in [5.74, 6) is 2.92. The first kappa shape index (κ1) is 27.3. The van der Waals surface area contributed by atoms with Crippen molar-refractivity contribution in [2.75, 3.05) is 6.61 Å². The summed E-state index contributed by atoms with van der Waals surface area (Å²) in [7, 11) is 0. The van der Waals surface area contributed by atoms with Gasteiger partial charge >= 0.3 is 5.97 Å². The van der Waals surface area contributed by atoms with Crippen molar-refractivity contribution in [2.24, 2.45) is 11.8 Å². The maximum Gasteiger partial charge on any atom is 0.343 e. The van der Waals surface area contributed by atoms with Gasteiger partial charge in [0.05, 0.1) is 12.2 Å². The Hall–Kier alpha value is -2.29. The Kier molecular flexibility index (Phi) is 12.2. The van der Waals surface area contributed by atoms with Crippen LogP contribution in [0.5, 0.6) is 11.5 Å². The van der Waals surface area contributed by atoms with Gasteiger partial charge in [0, 0.05) is 0 Å². The summed E-state index contributed by atoms with van der Waals surface area (Å²) in [4.78, 5) is 12.5. The average Bonchev–Trinajstić information content (AvgIpc) is 2.89. The molecule has 0 N–H and O–H groups in total. The summed E-state index contributed by atoms with van der Waals surface area (Å²) in [5, 5.41) is 0. The number of benzene rings is 2. The first-order chi connectivity index (χ1) is 17.2. The van der Waals surface area contributed by atoms with E-state index < -0.39 is 0 Å². The largest absolute Gasteiger partial charge is 0.494 e. The highest BCUT2D eigenvalue weighted by Gasteiger charge is 2.20. The molecule has 0 bridgehead atoms. The van der Waals surface area contributed by atoms with Crippen LogP contribution in [0.2, 0.25) is 0 Å². The topological polar surface area (TPSA) is 35.5 Å². The first-order valence-corrected chi connectivity index (χ1v) is 14.2. The van der Waals surface area contributed by atoms with Gasteiger partial charge in [-0.25, -0.2) is 4.79 Å². The number of unbranched alkanes of at least 4 members (excludes halogenated alkanes) is 5. The number of esters is 1. The second-order valence-electron chi connectivity index (χ2n) is 10.4. The minimum atomic E-state index is -0.331. The molecule has 0 unspecified atom stereocenters. The third kappa shape index (κ3) is 10.1. The zero-order chi connectivity index (χ0) is 24.7. The quantitative estimate of drug-likeness (QED) is 0.145. The number of hydrogen-bond acceptors (Lipinski definition) is 3. The predicted octanol–water partition coefficient (Wildman–Crippen LogP) is 9.18. The standard InChI is InChI=1S/C32H46O3/c1-3-5-7-9-25-34-30-23-19-29(20-24-30)32(33)35-31-21-17-28(18-22-31)16-15-27-13-11-26(12-14-27)10-8-6-4-2/h17-24,26-27H,3-16,25H2,1-2H3. The van der Waals surface area contributed by atoms with Gasteiger partial charge in [-0.05, 0) is 73.1 Å². The molecule has 3 rings (SSSR count). The van der Waals surface area contributed by atoms with E-state index in [-0.39, 0.29) is 5.97 Å². The van der Waals surface area contributed by atoms with Gasteiger partial charge in [0.15, 0.2) is 0 Å². The van der Waals surface area contributed by atoms with E-state index in [1.54, 1.807) is 12.1 Å². The van der Waals surface area contributed by atoms with Crippen LogP contribution in [-0.4, -0.2) is 12.6 Å². The van der Waals surface area contributed by atoms with E-state index in [1.165, 1.54) is 82.6 Å². The highest BCUT2D eigenvalue weighted by atomic mass is 16.5. The third-order valence-electron chi connectivity index (χ3n) is 7.51. The van der Waals surface area contributed by atoms with Crippen LogP contribution < -0.4 is 9.47 Å². The molecule has 3 nitrogen and oxygen atoms in total. The van der Waals surface area contributed by atoms with Crippen LogP contribution in [0, 0.1) is 11.8 Å². The van der Waals surface area contributed by atoms with Crippen LogP contribution in [0.15, 0.2) is 48.5 Å². The van der Waals surface area contributed by atoms with Crippen molar-refractivity contribution in [2.45, 2.75) is 104 Å². The highest BCUT2D eigenvalue weighted by Crippen LogP contribution is 2.34. The van der Waals surface area contributed by atoms with Crippen LogP contribution in [0.1, 0.15) is 113 Å². The molecule has 3 heteroatoms. The number of hydrogen-bond donors (Lipinski definition) is 0. The fourth-order valence-electron chi connectivity index (χ4n) is 5.16. The van der Waals surface area contributed by atoms with E-state index in [1.807, 2.05) is 24.3 Å². The van der Waals surface area contributed by atoms with Crippen LogP contribution in [-0.2, 0) is 6.42 Å². The molecular weight excluding hydrogens is 432 g/mol. The van der Waals surface area contributed by atoms with Gasteiger partial charge in [0.2, 0.25) is 0 Å². The predicted molar refractivity (Wildman–Crippen MR) is 145 cm³/mol. The molecule has 0 aromatic heterocycles. The van der Waals surface area contributed by atoms with E-state index in [0.29, 0.717) is 11.3 Å². The van der Waals surface area contributed by atoms with Crippen molar-refractivity contribution < 1.29 is 14.3 Å². The number of carbonyl (C=O) groups is 1. The van der Waals surface area contributed by atoms with Gasteiger partial charge in [-0.15, -0.1) is 0 Å². The van der Waals surface area contributed by atoms with E-state index in [0.717, 1.165) is 37.0 Å². The molecule has 35 heavy (non-hydrogen) atoms. The molecule has 1 fully saturated rings. The minimum Gasteiger partial charge on any atom is -0.494 e. The third-order valence-corrected chi connectivity index (χ3v) is 7.51. The Morgan fingerprint density at radius 3 is 1.97 bits per heavy atom. The molecule has 0 radical (unpaired) electrons. The van der Waals surface area contributed by atoms with Crippen molar-refractivity contribution in [1.82, 2.24) is 0 Å². The fraction of sp³-hybridized carbons (Fsp3) is 0.594. The van der Waals surface area contributed by atoms with Crippen molar-refractivity contribution in [1.29, 1.82) is 0 Å². The van der Waals surface area contributed by atoms with Crippen LogP contribution in [0.25, 0.3) is 0 Å². The normalized spacial score (nSPS) is 17.8. The summed E-state index contributed by atoms with van der Waals surface area (Å²) in [6, 6.07) is 15.3. The number of aryl methyl sites for hydroxylation is 1. The second-order valence-corrected chi connectivity index (χ2v) is 10.4. The molecule has 1 saturated carbocycles. The Labute approximate surface area is 213 Å². The van der Waals surface area contributed by atoms with E-state index in [4.69, 9.17) is 9.47 Å². The molecule has 0 aliphatic heterocycles. The second kappa shape index (κ2) is 15.7. The lowest BCUT2D eigenvalue weighted by molar-refractivity contribution is 0.0734. The zero-order valence-corrected chi connectivity index (χ0v) is 22.1. The maximum atomic E-state index is 12.5. The van der Waals surface area contributed by atoms with Gasteiger partial charge in [-0.2, -0.15) is 0 Å². The summed E-state index contributed by atoms with van der Waals surface area (Å²) in [6.07, 6.45) is 18.3. The molecule has 192 valence electrons. The number of ether oxygens (including phenoxy) is 2. The van der Waals surface area contributed by atoms with E-state index in [9.17, 15) is 4.79 Å². The van der Waals surface area contributed by atoms with Gasteiger partial charge < -0.3 is 9.47 Å². The highest BCUT2D eigenvalue weighted by molar-refractivity contribution is 5.91.